The van der Waals surface area contributed by atoms with Crippen LogP contribution in [0.2, 0.25) is 0 Å². The molecule has 0 amide bonds. The Balaban J connectivity index is 1.66. The highest BCUT2D eigenvalue weighted by Gasteiger charge is 2.03. The van der Waals surface area contributed by atoms with Crippen LogP contribution < -0.4 is 10.6 Å². The van der Waals surface area contributed by atoms with E-state index >= 15 is 0 Å². The van der Waals surface area contributed by atoms with Crippen LogP contribution in [-0.4, -0.2) is 35.9 Å². The van der Waals surface area contributed by atoms with Crippen LogP contribution in [0.5, 0.6) is 0 Å². The summed E-state index contributed by atoms with van der Waals surface area (Å²) in [6.45, 7) is 4.27. The summed E-state index contributed by atoms with van der Waals surface area (Å²) >= 11 is 3.27. The van der Waals surface area contributed by atoms with Gasteiger partial charge in [0.1, 0.15) is 5.82 Å². The molecule has 1 aromatic carbocycles. The molecule has 0 unspecified atom stereocenters. The third-order valence-corrected chi connectivity index (χ3v) is 4.04. The average molecular weight is 396 g/mol. The van der Waals surface area contributed by atoms with E-state index in [-0.39, 0.29) is 5.82 Å². The molecule has 0 aliphatic rings. The maximum absolute atomic E-state index is 13.7. The highest BCUT2D eigenvalue weighted by atomic mass is 79.9. The van der Waals surface area contributed by atoms with Gasteiger partial charge in [-0.15, -0.1) is 0 Å². The molecule has 2 aromatic rings. The smallest absolute Gasteiger partial charge is 0.191 e. The van der Waals surface area contributed by atoms with Gasteiger partial charge in [-0.3, -0.25) is 9.67 Å². The first-order valence-corrected chi connectivity index (χ1v) is 8.75. The number of aromatic nitrogens is 2. The van der Waals surface area contributed by atoms with Gasteiger partial charge in [0.05, 0.1) is 12.7 Å². The molecule has 0 saturated carbocycles. The SMILES string of the molecule is CN=C(NCCCc1ccc(Br)cc1F)NCCn1cc(C)cn1. The number of rotatable bonds is 7. The molecule has 24 heavy (non-hydrogen) atoms. The van der Waals surface area contributed by atoms with Crippen LogP contribution in [0.4, 0.5) is 4.39 Å². The first-order valence-electron chi connectivity index (χ1n) is 7.96. The van der Waals surface area contributed by atoms with E-state index in [4.69, 9.17) is 0 Å². The molecule has 2 N–H and O–H groups in total. The number of aryl methyl sites for hydroxylation is 2. The second-order valence-electron chi connectivity index (χ2n) is 5.55. The van der Waals surface area contributed by atoms with Crippen molar-refractivity contribution in [1.29, 1.82) is 0 Å². The van der Waals surface area contributed by atoms with Crippen molar-refractivity contribution < 1.29 is 4.39 Å². The highest BCUT2D eigenvalue weighted by Crippen LogP contribution is 2.16. The van der Waals surface area contributed by atoms with Crippen molar-refractivity contribution >= 4 is 21.9 Å². The summed E-state index contributed by atoms with van der Waals surface area (Å²) in [4.78, 5) is 4.18. The Labute approximate surface area is 150 Å². The monoisotopic (exact) mass is 395 g/mol. The number of aliphatic imine (C=N–C) groups is 1. The number of nitrogens with one attached hydrogen (secondary N) is 2. The highest BCUT2D eigenvalue weighted by molar-refractivity contribution is 9.10. The Kier molecular flexibility index (Phi) is 7.24. The molecule has 0 aliphatic carbocycles. The van der Waals surface area contributed by atoms with Crippen LogP contribution in [0, 0.1) is 12.7 Å². The van der Waals surface area contributed by atoms with E-state index in [0.717, 1.165) is 47.6 Å². The number of hydrogen-bond donors (Lipinski definition) is 2. The molecule has 0 atom stereocenters. The van der Waals surface area contributed by atoms with Gasteiger partial charge in [0.15, 0.2) is 5.96 Å². The van der Waals surface area contributed by atoms with Crippen molar-refractivity contribution in [3.05, 3.63) is 52.0 Å². The summed E-state index contributed by atoms with van der Waals surface area (Å²) in [6, 6.07) is 5.18. The lowest BCUT2D eigenvalue weighted by Crippen LogP contribution is -2.39. The van der Waals surface area contributed by atoms with Gasteiger partial charge in [0.25, 0.3) is 0 Å². The van der Waals surface area contributed by atoms with Crippen LogP contribution in [0.15, 0.2) is 40.1 Å². The van der Waals surface area contributed by atoms with Gasteiger partial charge in [0, 0.05) is 30.8 Å². The van der Waals surface area contributed by atoms with Gasteiger partial charge in [0.2, 0.25) is 0 Å². The normalized spacial score (nSPS) is 11.6. The molecular weight excluding hydrogens is 373 g/mol. The molecular formula is C17H23BrFN5. The van der Waals surface area contributed by atoms with E-state index < -0.39 is 0 Å². The summed E-state index contributed by atoms with van der Waals surface area (Å²) in [5.74, 6) is 0.580. The average Bonchev–Trinajstić information content (AvgIpc) is 2.96. The minimum Gasteiger partial charge on any atom is -0.356 e. The quantitative estimate of drug-likeness (QED) is 0.430. The number of nitrogens with zero attached hydrogens (tertiary/aromatic N) is 3. The lowest BCUT2D eigenvalue weighted by atomic mass is 10.1. The summed E-state index contributed by atoms with van der Waals surface area (Å²) in [5.41, 5.74) is 1.88. The topological polar surface area (TPSA) is 54.2 Å². The van der Waals surface area contributed by atoms with E-state index in [0.29, 0.717) is 6.42 Å². The molecule has 5 nitrogen and oxygen atoms in total. The molecule has 2 rings (SSSR count). The lowest BCUT2D eigenvalue weighted by Gasteiger charge is -2.12. The van der Waals surface area contributed by atoms with Crippen LogP contribution in [0.25, 0.3) is 0 Å². The predicted octanol–water partition coefficient (Wildman–Crippen LogP) is 2.89. The lowest BCUT2D eigenvalue weighted by molar-refractivity contribution is 0.593. The van der Waals surface area contributed by atoms with Crippen molar-refractivity contribution in [2.24, 2.45) is 4.99 Å². The van der Waals surface area contributed by atoms with Gasteiger partial charge in [-0.1, -0.05) is 22.0 Å². The fourth-order valence-corrected chi connectivity index (χ4v) is 2.64. The maximum Gasteiger partial charge on any atom is 0.191 e. The van der Waals surface area contributed by atoms with Crippen molar-refractivity contribution in [3.63, 3.8) is 0 Å². The van der Waals surface area contributed by atoms with Gasteiger partial charge >= 0.3 is 0 Å². The van der Waals surface area contributed by atoms with Crippen molar-refractivity contribution in [3.8, 4) is 0 Å². The number of halogens is 2. The second kappa shape index (κ2) is 9.42. The van der Waals surface area contributed by atoms with Crippen LogP contribution in [0.3, 0.4) is 0 Å². The molecule has 0 saturated heterocycles. The summed E-state index contributed by atoms with van der Waals surface area (Å²) in [5, 5.41) is 10.7. The molecule has 0 fully saturated rings. The van der Waals surface area contributed by atoms with Crippen LogP contribution >= 0.6 is 15.9 Å². The Bertz CT molecular complexity index is 683. The van der Waals surface area contributed by atoms with Gasteiger partial charge < -0.3 is 10.6 Å². The van der Waals surface area contributed by atoms with Crippen molar-refractivity contribution in [2.45, 2.75) is 26.3 Å². The Hall–Kier alpha value is -1.89. The summed E-state index contributed by atoms with van der Waals surface area (Å²) in [7, 11) is 1.74. The first-order chi connectivity index (χ1) is 11.6. The Morgan fingerprint density at radius 3 is 2.79 bits per heavy atom. The molecule has 0 bridgehead atoms. The van der Waals surface area contributed by atoms with Crippen LogP contribution in [0.1, 0.15) is 17.5 Å². The maximum atomic E-state index is 13.7. The van der Waals surface area contributed by atoms with Crippen molar-refractivity contribution in [1.82, 2.24) is 20.4 Å². The minimum atomic E-state index is -0.165. The molecule has 1 aromatic heterocycles. The third kappa shape index (κ3) is 5.96. The fourth-order valence-electron chi connectivity index (χ4n) is 2.31. The largest absolute Gasteiger partial charge is 0.356 e. The van der Waals surface area contributed by atoms with Gasteiger partial charge in [-0.2, -0.15) is 5.10 Å². The molecule has 130 valence electrons. The molecule has 0 aliphatic heterocycles. The van der Waals surface area contributed by atoms with E-state index in [9.17, 15) is 4.39 Å². The molecule has 0 spiro atoms. The zero-order valence-corrected chi connectivity index (χ0v) is 15.6. The standard InChI is InChI=1S/C17H23BrFN5/c1-13-11-23-24(12-13)9-8-22-17(20-2)21-7-3-4-14-5-6-15(18)10-16(14)19/h5-6,10-12H,3-4,7-9H2,1-2H3,(H2,20,21,22). The zero-order chi connectivity index (χ0) is 17.4. The van der Waals surface area contributed by atoms with E-state index in [1.54, 1.807) is 7.05 Å². The van der Waals surface area contributed by atoms with Gasteiger partial charge in [-0.25, -0.2) is 4.39 Å². The number of hydrogen-bond acceptors (Lipinski definition) is 2. The summed E-state index contributed by atoms with van der Waals surface area (Å²) in [6.07, 6.45) is 5.37. The molecule has 0 radical (unpaired) electrons. The number of benzene rings is 1. The van der Waals surface area contributed by atoms with E-state index in [1.165, 1.54) is 6.07 Å². The van der Waals surface area contributed by atoms with Crippen molar-refractivity contribution in [2.75, 3.05) is 20.1 Å². The van der Waals surface area contributed by atoms with E-state index in [2.05, 4.69) is 36.7 Å². The van der Waals surface area contributed by atoms with E-state index in [1.807, 2.05) is 36.1 Å². The predicted molar refractivity (Wildman–Crippen MR) is 98.7 cm³/mol. The molecule has 7 heteroatoms. The third-order valence-electron chi connectivity index (χ3n) is 3.55. The van der Waals surface area contributed by atoms with Gasteiger partial charge in [-0.05, 0) is 43.0 Å². The Morgan fingerprint density at radius 2 is 2.12 bits per heavy atom. The number of guanidine groups is 1. The second-order valence-corrected chi connectivity index (χ2v) is 6.46. The minimum absolute atomic E-state index is 0.165. The first kappa shape index (κ1) is 18.4. The molecule has 1 heterocycles. The zero-order valence-electron chi connectivity index (χ0n) is 14.0. The van der Waals surface area contributed by atoms with Crippen LogP contribution in [-0.2, 0) is 13.0 Å². The summed E-state index contributed by atoms with van der Waals surface area (Å²) < 4.78 is 16.4. The Morgan fingerprint density at radius 1 is 1.33 bits per heavy atom. The fraction of sp³-hybridized carbons (Fsp3) is 0.412.